The number of nitrogens with one attached hydrogen (secondary N) is 1. The minimum absolute atomic E-state index is 0.0286. The van der Waals surface area contributed by atoms with E-state index in [9.17, 15) is 14.7 Å². The van der Waals surface area contributed by atoms with Gasteiger partial charge in [0.05, 0.1) is 11.7 Å². The van der Waals surface area contributed by atoms with Gasteiger partial charge in [0.2, 0.25) is 5.91 Å². The van der Waals surface area contributed by atoms with Gasteiger partial charge in [0.15, 0.2) is 0 Å². The van der Waals surface area contributed by atoms with Gasteiger partial charge >= 0.3 is 5.97 Å². The Morgan fingerprint density at radius 1 is 1.29 bits per heavy atom. The zero-order valence-electron chi connectivity index (χ0n) is 17.2. The van der Waals surface area contributed by atoms with E-state index in [4.69, 9.17) is 4.74 Å². The number of ether oxygens (including phenoxy) is 1. The number of amides is 1. The summed E-state index contributed by atoms with van der Waals surface area (Å²) in [4.78, 5) is 24.0. The summed E-state index contributed by atoms with van der Waals surface area (Å²) in [5.74, 6) is 0.0217. The van der Waals surface area contributed by atoms with Crippen LogP contribution >= 0.6 is 0 Å². The van der Waals surface area contributed by atoms with Crippen molar-refractivity contribution in [2.24, 2.45) is 28.6 Å². The smallest absolute Gasteiger partial charge is 0.335 e. The summed E-state index contributed by atoms with van der Waals surface area (Å²) in [5, 5.41) is 12.8. The molecule has 2 N–H and O–H groups in total. The maximum atomic E-state index is 12.6. The molecule has 1 aromatic carbocycles. The van der Waals surface area contributed by atoms with Crippen molar-refractivity contribution >= 4 is 11.9 Å². The highest BCUT2D eigenvalue weighted by atomic mass is 16.5. The van der Waals surface area contributed by atoms with Gasteiger partial charge < -0.3 is 15.2 Å². The molecule has 1 aliphatic heterocycles. The van der Waals surface area contributed by atoms with Gasteiger partial charge in [0, 0.05) is 18.6 Å². The number of aromatic carboxylic acids is 1. The van der Waals surface area contributed by atoms with Crippen molar-refractivity contribution in [1.29, 1.82) is 0 Å². The molecule has 1 aromatic rings. The molecule has 3 aliphatic rings. The van der Waals surface area contributed by atoms with E-state index in [0.29, 0.717) is 24.0 Å². The van der Waals surface area contributed by atoms with Gasteiger partial charge in [-0.15, -0.1) is 0 Å². The summed E-state index contributed by atoms with van der Waals surface area (Å²) in [6.45, 7) is 9.12. The number of carbonyl (C=O) groups is 2. The molecule has 152 valence electrons. The third-order valence-corrected chi connectivity index (χ3v) is 7.78. The van der Waals surface area contributed by atoms with E-state index < -0.39 is 5.97 Å². The van der Waals surface area contributed by atoms with Gasteiger partial charge in [-0.25, -0.2) is 4.79 Å². The first-order valence-electron chi connectivity index (χ1n) is 10.4. The second-order valence-corrected chi connectivity index (χ2v) is 9.87. The minimum Gasteiger partial charge on any atom is -0.478 e. The van der Waals surface area contributed by atoms with Crippen molar-refractivity contribution < 1.29 is 19.4 Å². The molecule has 1 spiro atoms. The highest BCUT2D eigenvalue weighted by Crippen LogP contribution is 2.70. The summed E-state index contributed by atoms with van der Waals surface area (Å²) in [7, 11) is 0. The number of hydrogen-bond acceptors (Lipinski definition) is 3. The average Bonchev–Trinajstić information content (AvgIpc) is 3.14. The van der Waals surface area contributed by atoms with Crippen LogP contribution in [0.15, 0.2) is 24.3 Å². The third-order valence-electron chi connectivity index (χ3n) is 7.78. The highest BCUT2D eigenvalue weighted by Gasteiger charge is 2.68. The fourth-order valence-corrected chi connectivity index (χ4v) is 6.27. The van der Waals surface area contributed by atoms with Crippen LogP contribution in [0, 0.1) is 28.6 Å². The number of benzene rings is 1. The summed E-state index contributed by atoms with van der Waals surface area (Å²) < 4.78 is 6.22. The van der Waals surface area contributed by atoms with Gasteiger partial charge in [-0.1, -0.05) is 39.8 Å². The Bertz CT molecular complexity index is 802. The molecule has 4 rings (SSSR count). The first kappa shape index (κ1) is 19.4. The van der Waals surface area contributed by atoms with E-state index in [1.807, 2.05) is 19.9 Å². The zero-order valence-corrected chi connectivity index (χ0v) is 17.2. The largest absolute Gasteiger partial charge is 0.478 e. The molecule has 5 nitrogen and oxygen atoms in total. The Hall–Kier alpha value is -1.88. The molecule has 1 unspecified atom stereocenters. The normalized spacial score (nSPS) is 35.6. The summed E-state index contributed by atoms with van der Waals surface area (Å²) in [6, 6.07) is 7.30. The van der Waals surface area contributed by atoms with E-state index >= 15 is 0 Å². The fraction of sp³-hybridized carbons (Fsp3) is 0.652. The molecule has 1 amide bonds. The van der Waals surface area contributed by atoms with Crippen molar-refractivity contribution in [3.63, 3.8) is 0 Å². The Balaban J connectivity index is 1.69. The van der Waals surface area contributed by atoms with Gasteiger partial charge in [0.25, 0.3) is 0 Å². The first-order valence-corrected chi connectivity index (χ1v) is 10.4. The quantitative estimate of drug-likeness (QED) is 0.820. The Kier molecular flexibility index (Phi) is 4.57. The molecular weight excluding hydrogens is 354 g/mol. The summed E-state index contributed by atoms with van der Waals surface area (Å²) in [6.07, 6.45) is 3.04. The van der Waals surface area contributed by atoms with E-state index in [2.05, 4.69) is 19.2 Å². The van der Waals surface area contributed by atoms with E-state index in [-0.39, 0.29) is 34.8 Å². The number of carbonyl (C=O) groups excluding carboxylic acids is 1. The first-order chi connectivity index (χ1) is 13.2. The van der Waals surface area contributed by atoms with E-state index in [1.54, 1.807) is 18.2 Å². The summed E-state index contributed by atoms with van der Waals surface area (Å²) in [5.41, 5.74) is 1.34. The van der Waals surface area contributed by atoms with Crippen LogP contribution in [0.3, 0.4) is 0 Å². The predicted octanol–water partition coefficient (Wildman–Crippen LogP) is 4.04. The van der Waals surface area contributed by atoms with E-state index in [1.165, 1.54) is 0 Å². The minimum atomic E-state index is -0.913. The lowest BCUT2D eigenvalue weighted by molar-refractivity contribution is -0.139. The van der Waals surface area contributed by atoms with Crippen LogP contribution in [0.5, 0.6) is 0 Å². The lowest BCUT2D eigenvalue weighted by atomic mass is 9.58. The van der Waals surface area contributed by atoms with Crippen LogP contribution in [0.1, 0.15) is 69.0 Å². The van der Waals surface area contributed by atoms with Crippen LogP contribution in [0.25, 0.3) is 0 Å². The maximum absolute atomic E-state index is 12.6. The molecule has 2 saturated carbocycles. The summed E-state index contributed by atoms with van der Waals surface area (Å²) >= 11 is 0. The molecule has 5 heteroatoms. The second kappa shape index (κ2) is 6.58. The van der Waals surface area contributed by atoms with Crippen LogP contribution in [0.4, 0.5) is 0 Å². The molecule has 5 atom stereocenters. The van der Waals surface area contributed by atoms with Gasteiger partial charge in [-0.05, 0) is 59.6 Å². The number of hydrogen-bond donors (Lipinski definition) is 2. The number of carboxylic acids is 1. The molecule has 1 saturated heterocycles. The lowest BCUT2D eigenvalue weighted by Gasteiger charge is -2.53. The molecule has 1 heterocycles. The van der Waals surface area contributed by atoms with Crippen LogP contribution in [-0.2, 0) is 9.53 Å². The monoisotopic (exact) mass is 385 g/mol. The Morgan fingerprint density at radius 3 is 2.71 bits per heavy atom. The van der Waals surface area contributed by atoms with Crippen LogP contribution < -0.4 is 5.32 Å². The Labute approximate surface area is 166 Å². The second-order valence-electron chi connectivity index (χ2n) is 9.87. The molecule has 0 radical (unpaired) electrons. The molecular formula is C23H31NO4. The zero-order chi connectivity index (χ0) is 20.3. The SMILES string of the molecule is CC(C)C(=O)N[C@H]1C(C)(C)[C@@H]2C[C@@H]3[C@@H](c4cccc(C(=O)O)c4)OCCC31C2. The molecule has 0 aromatic heterocycles. The Morgan fingerprint density at radius 2 is 2.04 bits per heavy atom. The number of rotatable bonds is 4. The van der Waals surface area contributed by atoms with Crippen molar-refractivity contribution in [3.05, 3.63) is 35.4 Å². The maximum Gasteiger partial charge on any atom is 0.335 e. The van der Waals surface area contributed by atoms with Gasteiger partial charge in [-0.2, -0.15) is 0 Å². The van der Waals surface area contributed by atoms with Crippen LogP contribution in [-0.4, -0.2) is 29.6 Å². The van der Waals surface area contributed by atoms with Crippen molar-refractivity contribution in [1.82, 2.24) is 5.32 Å². The van der Waals surface area contributed by atoms with Crippen LogP contribution in [0.2, 0.25) is 0 Å². The van der Waals surface area contributed by atoms with Gasteiger partial charge in [0.1, 0.15) is 0 Å². The van der Waals surface area contributed by atoms with E-state index in [0.717, 1.165) is 24.8 Å². The topological polar surface area (TPSA) is 75.6 Å². The molecule has 28 heavy (non-hydrogen) atoms. The van der Waals surface area contributed by atoms with Crippen molar-refractivity contribution in [2.75, 3.05) is 6.61 Å². The average molecular weight is 386 g/mol. The molecule has 2 bridgehead atoms. The molecule has 3 fully saturated rings. The van der Waals surface area contributed by atoms with Gasteiger partial charge in [-0.3, -0.25) is 4.79 Å². The number of fused-ring (bicyclic) bond motifs is 1. The lowest BCUT2D eigenvalue weighted by Crippen LogP contribution is -2.59. The standard InChI is InChI=1S/C23H31NO4/c1-13(2)19(25)24-21-22(3,4)16-11-17-18(28-9-8-23(17,21)12-16)14-6-5-7-15(10-14)20(26)27/h5-7,10,13,16-18,21H,8-9,11-12H2,1-4H3,(H,24,25)(H,26,27)/t16-,17-,18-,21+,23?/m1/s1. The third kappa shape index (κ3) is 2.78. The van der Waals surface area contributed by atoms with Crippen molar-refractivity contribution in [2.45, 2.75) is 59.1 Å². The molecule has 2 aliphatic carbocycles. The highest BCUT2D eigenvalue weighted by molar-refractivity contribution is 5.87. The number of carboxylic acid groups (broad SMARTS) is 1. The predicted molar refractivity (Wildman–Crippen MR) is 106 cm³/mol. The van der Waals surface area contributed by atoms with Crippen molar-refractivity contribution in [3.8, 4) is 0 Å². The fourth-order valence-electron chi connectivity index (χ4n) is 6.27.